The van der Waals surface area contributed by atoms with Crippen LogP contribution in [0.25, 0.3) is 0 Å². The maximum atomic E-state index is 13.1. The third-order valence-corrected chi connectivity index (χ3v) is 7.48. The first-order chi connectivity index (χ1) is 17.1. The lowest BCUT2D eigenvalue weighted by Gasteiger charge is -2.22. The molecule has 7 nitrogen and oxygen atoms in total. The number of carbonyl (C=O) groups excluding carboxylic acids is 4. The second kappa shape index (κ2) is 9.04. The van der Waals surface area contributed by atoms with Crippen molar-refractivity contribution in [1.29, 1.82) is 0 Å². The summed E-state index contributed by atoms with van der Waals surface area (Å²) in [5, 5.41) is 0. The highest BCUT2D eigenvalue weighted by Crippen LogP contribution is 2.41. The quantitative estimate of drug-likeness (QED) is 0.279. The van der Waals surface area contributed by atoms with Crippen molar-refractivity contribution in [3.8, 4) is 5.75 Å². The summed E-state index contributed by atoms with van der Waals surface area (Å²) in [6.07, 6.45) is 4.64. The number of aryl methyl sites for hydroxylation is 3. The maximum Gasteiger partial charge on any atom is 0.316 e. The largest absolute Gasteiger partial charge is 0.426 e. The van der Waals surface area contributed by atoms with Crippen molar-refractivity contribution >= 4 is 35.1 Å². The van der Waals surface area contributed by atoms with Gasteiger partial charge in [0.2, 0.25) is 17.7 Å². The molecule has 2 fully saturated rings. The summed E-state index contributed by atoms with van der Waals surface area (Å²) >= 11 is 0. The summed E-state index contributed by atoms with van der Waals surface area (Å²) < 4.78 is 5.63. The van der Waals surface area contributed by atoms with Gasteiger partial charge >= 0.3 is 5.97 Å². The lowest BCUT2D eigenvalue weighted by molar-refractivity contribution is -0.139. The average Bonchev–Trinajstić information content (AvgIpc) is 3.32. The van der Waals surface area contributed by atoms with Crippen LogP contribution in [0.4, 0.5) is 11.4 Å². The average molecular weight is 487 g/mol. The molecule has 0 spiro atoms. The number of anilines is 2. The van der Waals surface area contributed by atoms with Gasteiger partial charge < -0.3 is 9.64 Å². The summed E-state index contributed by atoms with van der Waals surface area (Å²) in [6, 6.07) is 10.8. The molecule has 0 bridgehead atoms. The van der Waals surface area contributed by atoms with Crippen molar-refractivity contribution in [2.45, 2.75) is 40.5 Å². The van der Waals surface area contributed by atoms with Gasteiger partial charge in [0.15, 0.2) is 0 Å². The minimum absolute atomic E-state index is 0.0168. The predicted octanol–water partition coefficient (Wildman–Crippen LogP) is 4.27. The first-order valence-corrected chi connectivity index (χ1v) is 12.4. The van der Waals surface area contributed by atoms with Crippen LogP contribution in [0.2, 0.25) is 0 Å². The van der Waals surface area contributed by atoms with Crippen LogP contribution in [-0.2, 0) is 19.2 Å². The Bertz CT molecular complexity index is 1290. The molecule has 2 heterocycles. The molecular weight excluding hydrogens is 456 g/mol. The Labute approximate surface area is 210 Å². The molecule has 7 heteroatoms. The number of hydrogen-bond acceptors (Lipinski definition) is 5. The number of hydrogen-bond donors (Lipinski definition) is 0. The highest BCUT2D eigenvalue weighted by Gasteiger charge is 2.50. The SMILES string of the molecule is Cc1cc(C)cc(N2C[C@@H](C(=O)Oc3ccc(N4C(=O)[C@H]5[C@H](C)C=CC[C@@H]5C4=O)c(C)c3)CC2=O)c1. The molecule has 4 atom stereocenters. The Morgan fingerprint density at radius 1 is 0.972 bits per heavy atom. The Hall–Kier alpha value is -3.74. The van der Waals surface area contributed by atoms with E-state index in [1.54, 1.807) is 30.0 Å². The second-order valence-electron chi connectivity index (χ2n) is 10.3. The van der Waals surface area contributed by atoms with Crippen molar-refractivity contribution in [2.24, 2.45) is 23.7 Å². The minimum Gasteiger partial charge on any atom is -0.426 e. The molecule has 3 aliphatic rings. The minimum atomic E-state index is -0.572. The van der Waals surface area contributed by atoms with Gasteiger partial charge in [0.1, 0.15) is 5.75 Å². The Morgan fingerprint density at radius 2 is 1.69 bits per heavy atom. The third kappa shape index (κ3) is 4.12. The number of esters is 1. The van der Waals surface area contributed by atoms with Crippen LogP contribution in [0.15, 0.2) is 48.6 Å². The fourth-order valence-corrected chi connectivity index (χ4v) is 5.75. The van der Waals surface area contributed by atoms with Crippen molar-refractivity contribution < 1.29 is 23.9 Å². The zero-order valence-electron chi connectivity index (χ0n) is 21.0. The normalized spacial score (nSPS) is 25.5. The second-order valence-corrected chi connectivity index (χ2v) is 10.3. The molecule has 0 N–H and O–H groups in total. The van der Waals surface area contributed by atoms with Crippen molar-refractivity contribution in [1.82, 2.24) is 0 Å². The molecule has 1 aliphatic carbocycles. The molecule has 0 radical (unpaired) electrons. The molecule has 0 unspecified atom stereocenters. The zero-order chi connectivity index (χ0) is 25.7. The number of imide groups is 1. The molecule has 0 aromatic heterocycles. The molecule has 2 aromatic rings. The van der Waals surface area contributed by atoms with Crippen LogP contribution >= 0.6 is 0 Å². The molecule has 186 valence electrons. The van der Waals surface area contributed by atoms with Gasteiger partial charge in [-0.05, 0) is 80.1 Å². The third-order valence-electron chi connectivity index (χ3n) is 7.48. The highest BCUT2D eigenvalue weighted by molar-refractivity contribution is 6.22. The van der Waals surface area contributed by atoms with Crippen LogP contribution in [0, 0.1) is 44.4 Å². The van der Waals surface area contributed by atoms with Gasteiger partial charge in [0.05, 0.1) is 23.4 Å². The van der Waals surface area contributed by atoms with E-state index in [0.29, 0.717) is 23.4 Å². The van der Waals surface area contributed by atoms with Gasteiger partial charge in [-0.15, -0.1) is 0 Å². The van der Waals surface area contributed by atoms with Gasteiger partial charge in [0, 0.05) is 18.7 Å². The van der Waals surface area contributed by atoms with Crippen LogP contribution in [-0.4, -0.2) is 30.2 Å². The number of carbonyl (C=O) groups is 4. The number of nitrogens with zero attached hydrogens (tertiary/aromatic N) is 2. The predicted molar refractivity (Wildman–Crippen MR) is 136 cm³/mol. The van der Waals surface area contributed by atoms with Gasteiger partial charge in [-0.1, -0.05) is 25.1 Å². The van der Waals surface area contributed by atoms with E-state index in [0.717, 1.165) is 16.8 Å². The fraction of sp³-hybridized carbons (Fsp3) is 0.379. The monoisotopic (exact) mass is 486 g/mol. The molecule has 2 saturated heterocycles. The summed E-state index contributed by atoms with van der Waals surface area (Å²) in [7, 11) is 0. The Balaban J connectivity index is 1.29. The van der Waals surface area contributed by atoms with E-state index in [9.17, 15) is 19.2 Å². The summed E-state index contributed by atoms with van der Waals surface area (Å²) in [6.45, 7) is 7.97. The first kappa shape index (κ1) is 24.0. The van der Waals surface area contributed by atoms with Crippen molar-refractivity contribution in [3.05, 3.63) is 65.2 Å². The van der Waals surface area contributed by atoms with Gasteiger partial charge in [-0.25, -0.2) is 4.90 Å². The lowest BCUT2D eigenvalue weighted by atomic mass is 9.78. The van der Waals surface area contributed by atoms with Gasteiger partial charge in [-0.3, -0.25) is 19.2 Å². The van der Waals surface area contributed by atoms with E-state index in [4.69, 9.17) is 4.74 Å². The van der Waals surface area contributed by atoms with E-state index in [1.807, 2.05) is 51.1 Å². The van der Waals surface area contributed by atoms with Gasteiger partial charge in [0.25, 0.3) is 0 Å². The standard InChI is InChI=1S/C29H30N2O5/c1-16-10-17(2)12-21(11-16)30-15-20(14-25(30)32)29(35)36-22-8-9-24(19(4)13-22)31-27(33)23-7-5-6-18(3)26(23)28(31)34/h5-6,8-13,18,20,23,26H,7,14-15H2,1-4H3/t18-,20+,23+,26+/m1/s1. The number of allylic oxidation sites excluding steroid dienone is 2. The Morgan fingerprint density at radius 3 is 2.36 bits per heavy atom. The van der Waals surface area contributed by atoms with Crippen LogP contribution < -0.4 is 14.5 Å². The number of ether oxygens (including phenoxy) is 1. The maximum absolute atomic E-state index is 13.1. The number of amides is 3. The van der Waals surface area contributed by atoms with E-state index in [2.05, 4.69) is 0 Å². The molecule has 3 amide bonds. The zero-order valence-corrected chi connectivity index (χ0v) is 21.0. The van der Waals surface area contributed by atoms with Gasteiger partial charge in [-0.2, -0.15) is 0 Å². The molecular formula is C29H30N2O5. The molecule has 5 rings (SSSR count). The van der Waals surface area contributed by atoms with E-state index in [-0.39, 0.29) is 48.4 Å². The number of fused-ring (bicyclic) bond motifs is 1. The highest BCUT2D eigenvalue weighted by atomic mass is 16.5. The number of benzene rings is 2. The van der Waals surface area contributed by atoms with E-state index >= 15 is 0 Å². The number of rotatable bonds is 4. The molecule has 0 saturated carbocycles. The van der Waals surface area contributed by atoms with E-state index < -0.39 is 11.9 Å². The van der Waals surface area contributed by atoms with Crippen molar-refractivity contribution in [2.75, 3.05) is 16.3 Å². The Kier molecular flexibility index (Phi) is 6.02. The first-order valence-electron chi connectivity index (χ1n) is 12.4. The smallest absolute Gasteiger partial charge is 0.316 e. The fourth-order valence-electron chi connectivity index (χ4n) is 5.75. The summed E-state index contributed by atoms with van der Waals surface area (Å²) in [5.74, 6) is -1.82. The molecule has 36 heavy (non-hydrogen) atoms. The summed E-state index contributed by atoms with van der Waals surface area (Å²) in [4.78, 5) is 54.7. The molecule has 2 aliphatic heterocycles. The van der Waals surface area contributed by atoms with Crippen molar-refractivity contribution in [3.63, 3.8) is 0 Å². The van der Waals surface area contributed by atoms with Crippen LogP contribution in [0.1, 0.15) is 36.5 Å². The van der Waals surface area contributed by atoms with Crippen LogP contribution in [0.5, 0.6) is 5.75 Å². The molecule has 2 aromatic carbocycles. The van der Waals surface area contributed by atoms with E-state index in [1.165, 1.54) is 4.90 Å². The topological polar surface area (TPSA) is 84.0 Å². The van der Waals surface area contributed by atoms with Crippen LogP contribution in [0.3, 0.4) is 0 Å². The lowest BCUT2D eigenvalue weighted by Crippen LogP contribution is -2.32. The summed E-state index contributed by atoms with van der Waals surface area (Å²) in [5.41, 5.74) is 4.08.